The van der Waals surface area contributed by atoms with Gasteiger partial charge in [0.25, 0.3) is 0 Å². The van der Waals surface area contributed by atoms with Crippen molar-refractivity contribution in [2.24, 2.45) is 12.8 Å². The molecule has 2 rings (SSSR count). The number of hydrogen-bond acceptors (Lipinski definition) is 4. The van der Waals surface area contributed by atoms with Crippen LogP contribution >= 0.6 is 0 Å². The molecule has 0 spiro atoms. The van der Waals surface area contributed by atoms with Gasteiger partial charge in [0, 0.05) is 25.4 Å². The van der Waals surface area contributed by atoms with Crippen LogP contribution in [-0.4, -0.2) is 14.8 Å². The summed E-state index contributed by atoms with van der Waals surface area (Å²) in [5.74, 6) is 1.33. The lowest BCUT2D eigenvalue weighted by molar-refractivity contribution is 0.453. The molecule has 0 saturated carbocycles. The third-order valence-corrected chi connectivity index (χ3v) is 2.87. The number of nitrogens with zero attached hydrogens (tertiary/aromatic N) is 3. The van der Waals surface area contributed by atoms with Crippen molar-refractivity contribution in [1.82, 2.24) is 14.8 Å². The molecule has 0 aliphatic heterocycles. The van der Waals surface area contributed by atoms with E-state index in [2.05, 4.69) is 10.1 Å². The SMILES string of the molecule is Cc1cc(CN)cc(Oc2c(C)nn(C)c2C)n1. The Hall–Kier alpha value is -1.88. The predicted octanol–water partition coefficient (Wildman–Crippen LogP) is 1.99. The minimum Gasteiger partial charge on any atom is -0.435 e. The molecule has 2 heterocycles. The first kappa shape index (κ1) is 12.6. The molecule has 2 aromatic heterocycles. The van der Waals surface area contributed by atoms with Gasteiger partial charge in [-0.15, -0.1) is 0 Å². The van der Waals surface area contributed by atoms with Crippen molar-refractivity contribution in [3.63, 3.8) is 0 Å². The summed E-state index contributed by atoms with van der Waals surface area (Å²) in [6.07, 6.45) is 0. The van der Waals surface area contributed by atoms with Crippen molar-refractivity contribution in [2.45, 2.75) is 27.3 Å². The summed E-state index contributed by atoms with van der Waals surface area (Å²) in [6, 6.07) is 3.81. The van der Waals surface area contributed by atoms with Crippen molar-refractivity contribution in [2.75, 3.05) is 0 Å². The lowest BCUT2D eigenvalue weighted by atomic mass is 10.2. The molecule has 2 N–H and O–H groups in total. The maximum atomic E-state index is 5.83. The van der Waals surface area contributed by atoms with Gasteiger partial charge in [-0.1, -0.05) is 0 Å². The van der Waals surface area contributed by atoms with E-state index in [1.165, 1.54) is 0 Å². The fourth-order valence-electron chi connectivity index (χ4n) is 1.88. The van der Waals surface area contributed by atoms with E-state index in [0.717, 1.165) is 28.4 Å². The summed E-state index contributed by atoms with van der Waals surface area (Å²) in [4.78, 5) is 4.35. The first-order valence-electron chi connectivity index (χ1n) is 5.87. The highest BCUT2D eigenvalue weighted by Gasteiger charge is 2.12. The first-order valence-corrected chi connectivity index (χ1v) is 5.87. The Bertz CT molecular complexity index is 575. The summed E-state index contributed by atoms with van der Waals surface area (Å²) < 4.78 is 7.63. The van der Waals surface area contributed by atoms with Gasteiger partial charge in [-0.2, -0.15) is 5.10 Å². The molecule has 0 radical (unpaired) electrons. The Morgan fingerprint density at radius 2 is 2.00 bits per heavy atom. The molecule has 0 amide bonds. The van der Waals surface area contributed by atoms with Crippen LogP contribution in [-0.2, 0) is 13.6 Å². The molecule has 0 aliphatic carbocycles. The Balaban J connectivity index is 2.36. The number of aromatic nitrogens is 3. The molecular formula is C13H18N4O. The van der Waals surface area contributed by atoms with Crippen LogP contribution < -0.4 is 10.5 Å². The second kappa shape index (κ2) is 4.78. The lowest BCUT2D eigenvalue weighted by Gasteiger charge is -2.07. The molecule has 0 bridgehead atoms. The van der Waals surface area contributed by atoms with E-state index in [4.69, 9.17) is 10.5 Å². The quantitative estimate of drug-likeness (QED) is 0.899. The average molecular weight is 246 g/mol. The van der Waals surface area contributed by atoms with Crippen LogP contribution in [0.4, 0.5) is 0 Å². The molecule has 2 aromatic rings. The van der Waals surface area contributed by atoms with Gasteiger partial charge in [-0.25, -0.2) is 4.98 Å². The normalized spacial score (nSPS) is 10.7. The van der Waals surface area contributed by atoms with Gasteiger partial charge in [0.1, 0.15) is 5.69 Å². The lowest BCUT2D eigenvalue weighted by Crippen LogP contribution is -2.00. The Kier molecular flexibility index (Phi) is 3.34. The first-order chi connectivity index (χ1) is 8.51. The molecule has 0 aliphatic rings. The van der Waals surface area contributed by atoms with Crippen LogP contribution in [0.3, 0.4) is 0 Å². The largest absolute Gasteiger partial charge is 0.435 e. The molecule has 18 heavy (non-hydrogen) atoms. The standard InChI is InChI=1S/C13H18N4O/c1-8-5-11(7-14)6-12(15-8)18-13-9(2)16-17(4)10(13)3/h5-6H,7,14H2,1-4H3. The van der Waals surface area contributed by atoms with Gasteiger partial charge in [0.2, 0.25) is 5.88 Å². The molecular weight excluding hydrogens is 228 g/mol. The molecule has 5 nitrogen and oxygen atoms in total. The van der Waals surface area contributed by atoms with E-state index in [9.17, 15) is 0 Å². The van der Waals surface area contributed by atoms with Crippen LogP contribution in [0.1, 0.15) is 22.6 Å². The van der Waals surface area contributed by atoms with Crippen LogP contribution in [0, 0.1) is 20.8 Å². The van der Waals surface area contributed by atoms with Crippen LogP contribution in [0.2, 0.25) is 0 Å². The van der Waals surface area contributed by atoms with Gasteiger partial charge >= 0.3 is 0 Å². The molecule has 0 unspecified atom stereocenters. The van der Waals surface area contributed by atoms with E-state index < -0.39 is 0 Å². The molecule has 0 saturated heterocycles. The summed E-state index contributed by atoms with van der Waals surface area (Å²) in [5.41, 5.74) is 9.38. The van der Waals surface area contributed by atoms with Crippen LogP contribution in [0.25, 0.3) is 0 Å². The maximum absolute atomic E-state index is 5.83. The van der Waals surface area contributed by atoms with Crippen molar-refractivity contribution in [3.05, 3.63) is 34.8 Å². The minimum absolute atomic E-state index is 0.477. The fourth-order valence-corrected chi connectivity index (χ4v) is 1.88. The zero-order valence-corrected chi connectivity index (χ0v) is 11.2. The Morgan fingerprint density at radius 1 is 1.28 bits per heavy atom. The molecule has 96 valence electrons. The highest BCUT2D eigenvalue weighted by molar-refractivity contribution is 5.36. The number of rotatable bonds is 3. The summed E-state index contributed by atoms with van der Waals surface area (Å²) in [5, 5.41) is 4.31. The topological polar surface area (TPSA) is 66.0 Å². The highest BCUT2D eigenvalue weighted by Crippen LogP contribution is 2.27. The number of aryl methyl sites for hydroxylation is 3. The third kappa shape index (κ3) is 2.36. The smallest absolute Gasteiger partial charge is 0.219 e. The van der Waals surface area contributed by atoms with Crippen LogP contribution in [0.15, 0.2) is 12.1 Å². The van der Waals surface area contributed by atoms with Gasteiger partial charge in [-0.05, 0) is 32.4 Å². The van der Waals surface area contributed by atoms with E-state index in [1.807, 2.05) is 40.0 Å². The van der Waals surface area contributed by atoms with Crippen molar-refractivity contribution in [1.29, 1.82) is 0 Å². The van der Waals surface area contributed by atoms with E-state index in [-0.39, 0.29) is 0 Å². The second-order valence-corrected chi connectivity index (χ2v) is 4.38. The van der Waals surface area contributed by atoms with Crippen molar-refractivity contribution < 1.29 is 4.74 Å². The summed E-state index contributed by atoms with van der Waals surface area (Å²) in [6.45, 7) is 6.29. The predicted molar refractivity (Wildman–Crippen MR) is 69.6 cm³/mol. The highest BCUT2D eigenvalue weighted by atomic mass is 16.5. The van der Waals surface area contributed by atoms with Gasteiger partial charge in [0.05, 0.1) is 5.69 Å². The zero-order valence-electron chi connectivity index (χ0n) is 11.2. The third-order valence-electron chi connectivity index (χ3n) is 2.87. The van der Waals surface area contributed by atoms with Crippen molar-refractivity contribution in [3.8, 4) is 11.6 Å². The summed E-state index contributed by atoms with van der Waals surface area (Å²) >= 11 is 0. The molecule has 5 heteroatoms. The molecule has 0 aromatic carbocycles. The number of nitrogens with two attached hydrogens (primary N) is 1. The zero-order chi connectivity index (χ0) is 13.3. The number of hydrogen-bond donors (Lipinski definition) is 1. The maximum Gasteiger partial charge on any atom is 0.219 e. The summed E-state index contributed by atoms with van der Waals surface area (Å²) in [7, 11) is 1.89. The van der Waals surface area contributed by atoms with E-state index in [1.54, 1.807) is 4.68 Å². The van der Waals surface area contributed by atoms with Crippen LogP contribution in [0.5, 0.6) is 11.6 Å². The molecule has 0 fully saturated rings. The average Bonchev–Trinajstić information content (AvgIpc) is 2.55. The van der Waals surface area contributed by atoms with Gasteiger partial charge < -0.3 is 10.5 Å². The molecule has 0 atom stereocenters. The van der Waals surface area contributed by atoms with Crippen molar-refractivity contribution >= 4 is 0 Å². The monoisotopic (exact) mass is 246 g/mol. The second-order valence-electron chi connectivity index (χ2n) is 4.38. The minimum atomic E-state index is 0.477. The van der Waals surface area contributed by atoms with Gasteiger partial charge in [-0.3, -0.25) is 4.68 Å². The fraction of sp³-hybridized carbons (Fsp3) is 0.385. The van der Waals surface area contributed by atoms with Gasteiger partial charge in [0.15, 0.2) is 5.75 Å². The van der Waals surface area contributed by atoms with E-state index in [0.29, 0.717) is 12.4 Å². The number of ether oxygens (including phenoxy) is 1. The number of pyridine rings is 1. The Morgan fingerprint density at radius 3 is 2.56 bits per heavy atom. The Labute approximate surface area is 107 Å². The van der Waals surface area contributed by atoms with E-state index >= 15 is 0 Å².